The van der Waals surface area contributed by atoms with E-state index in [1.807, 2.05) is 12.1 Å². The van der Waals surface area contributed by atoms with Crippen LogP contribution in [0.1, 0.15) is 5.56 Å². The van der Waals surface area contributed by atoms with E-state index in [-0.39, 0.29) is 18.6 Å². The molecule has 7 heteroatoms. The predicted molar refractivity (Wildman–Crippen MR) is 73.8 cm³/mol. The zero-order valence-electron chi connectivity index (χ0n) is 9.93. The summed E-state index contributed by atoms with van der Waals surface area (Å²) < 4.78 is 34.1. The van der Waals surface area contributed by atoms with Gasteiger partial charge >= 0.3 is 0 Å². The van der Waals surface area contributed by atoms with Gasteiger partial charge in [-0.3, -0.25) is 0 Å². The summed E-state index contributed by atoms with van der Waals surface area (Å²) in [5, 5.41) is 4.46. The lowest BCUT2D eigenvalue weighted by Crippen LogP contribution is -2.29. The molecule has 1 unspecified atom stereocenters. The van der Waals surface area contributed by atoms with Gasteiger partial charge in [0.2, 0.25) is 6.79 Å². The van der Waals surface area contributed by atoms with Crippen molar-refractivity contribution in [1.29, 1.82) is 0 Å². The van der Waals surface area contributed by atoms with Crippen molar-refractivity contribution >= 4 is 25.8 Å². The Balaban J connectivity index is 1.69. The Kier molecular flexibility index (Phi) is 3.28. The summed E-state index contributed by atoms with van der Waals surface area (Å²) in [6.45, 7) is 0.796. The number of hydrogen-bond donors (Lipinski definition) is 1. The van der Waals surface area contributed by atoms with E-state index in [4.69, 9.17) is 9.47 Å². The van der Waals surface area contributed by atoms with Crippen molar-refractivity contribution < 1.29 is 17.9 Å². The Labute approximate surface area is 119 Å². The summed E-state index contributed by atoms with van der Waals surface area (Å²) in [7, 11) is -3.02. The summed E-state index contributed by atoms with van der Waals surface area (Å²) in [6.07, 6.45) is 1.68. The SMILES string of the molecule is O=S1(=O)C=CC(NCc2cc3c(cc2Br)OCO3)C1. The average molecular weight is 346 g/mol. The largest absolute Gasteiger partial charge is 0.454 e. The Morgan fingerprint density at radius 1 is 1.32 bits per heavy atom. The highest BCUT2D eigenvalue weighted by atomic mass is 79.9. The molecule has 1 aromatic carbocycles. The quantitative estimate of drug-likeness (QED) is 0.900. The predicted octanol–water partition coefficient (Wildman–Crippen LogP) is 1.58. The highest BCUT2D eigenvalue weighted by Crippen LogP contribution is 2.36. The van der Waals surface area contributed by atoms with Crippen LogP contribution in [-0.4, -0.2) is 27.0 Å². The Morgan fingerprint density at radius 2 is 2.05 bits per heavy atom. The van der Waals surface area contributed by atoms with Crippen molar-refractivity contribution in [2.24, 2.45) is 0 Å². The van der Waals surface area contributed by atoms with Gasteiger partial charge in [0.15, 0.2) is 21.3 Å². The zero-order valence-corrected chi connectivity index (χ0v) is 12.3. The number of fused-ring (bicyclic) bond motifs is 1. The first-order valence-electron chi connectivity index (χ1n) is 5.76. The van der Waals surface area contributed by atoms with Crippen LogP contribution in [0.5, 0.6) is 11.5 Å². The van der Waals surface area contributed by atoms with Crippen molar-refractivity contribution in [2.45, 2.75) is 12.6 Å². The number of sulfone groups is 1. The topological polar surface area (TPSA) is 64.6 Å². The van der Waals surface area contributed by atoms with E-state index >= 15 is 0 Å². The highest BCUT2D eigenvalue weighted by Gasteiger charge is 2.22. The molecule has 2 aliphatic rings. The van der Waals surface area contributed by atoms with E-state index in [0.717, 1.165) is 21.5 Å². The van der Waals surface area contributed by atoms with E-state index in [1.165, 1.54) is 5.41 Å². The van der Waals surface area contributed by atoms with Gasteiger partial charge in [-0.05, 0) is 17.7 Å². The molecule has 19 heavy (non-hydrogen) atoms. The summed E-state index contributed by atoms with van der Waals surface area (Å²) in [5.74, 6) is 1.56. The average Bonchev–Trinajstić information content (AvgIpc) is 2.92. The number of nitrogens with one attached hydrogen (secondary N) is 1. The van der Waals surface area contributed by atoms with Gasteiger partial charge in [-0.2, -0.15) is 0 Å². The minimum absolute atomic E-state index is 0.120. The third-order valence-corrected chi connectivity index (χ3v) is 5.16. The van der Waals surface area contributed by atoms with Gasteiger partial charge < -0.3 is 14.8 Å². The normalized spacial score (nSPS) is 22.9. The molecule has 0 fully saturated rings. The fourth-order valence-corrected chi connectivity index (χ4v) is 3.77. The van der Waals surface area contributed by atoms with Crippen LogP contribution in [0.15, 0.2) is 28.1 Å². The van der Waals surface area contributed by atoms with Crippen molar-refractivity contribution in [2.75, 3.05) is 12.5 Å². The van der Waals surface area contributed by atoms with Crippen LogP contribution < -0.4 is 14.8 Å². The number of benzene rings is 1. The zero-order chi connectivity index (χ0) is 13.5. The molecule has 0 spiro atoms. The monoisotopic (exact) mass is 345 g/mol. The van der Waals surface area contributed by atoms with Gasteiger partial charge in [0.25, 0.3) is 0 Å². The standard InChI is InChI=1S/C12H12BrNO4S/c13-10-4-12-11(17-7-18-12)3-8(10)5-14-9-1-2-19(15,16)6-9/h1-4,9,14H,5-7H2. The van der Waals surface area contributed by atoms with E-state index in [2.05, 4.69) is 21.2 Å². The van der Waals surface area contributed by atoms with Crippen molar-refractivity contribution in [1.82, 2.24) is 5.32 Å². The van der Waals surface area contributed by atoms with Gasteiger partial charge in [0, 0.05) is 22.5 Å². The molecule has 0 amide bonds. The van der Waals surface area contributed by atoms with Gasteiger partial charge in [-0.25, -0.2) is 8.42 Å². The van der Waals surface area contributed by atoms with Crippen LogP contribution in [0.4, 0.5) is 0 Å². The summed E-state index contributed by atoms with van der Waals surface area (Å²) in [4.78, 5) is 0. The van der Waals surface area contributed by atoms with Crippen molar-refractivity contribution in [3.05, 3.63) is 33.7 Å². The molecule has 0 aromatic heterocycles. The maximum absolute atomic E-state index is 11.3. The molecule has 3 rings (SSSR count). The highest BCUT2D eigenvalue weighted by molar-refractivity contribution is 9.10. The molecule has 1 N–H and O–H groups in total. The van der Waals surface area contributed by atoms with Gasteiger partial charge in [-0.1, -0.05) is 22.0 Å². The van der Waals surface area contributed by atoms with E-state index < -0.39 is 9.84 Å². The van der Waals surface area contributed by atoms with Crippen LogP contribution in [0.3, 0.4) is 0 Å². The summed E-state index contributed by atoms with van der Waals surface area (Å²) in [5.41, 5.74) is 1.00. The lowest BCUT2D eigenvalue weighted by atomic mass is 10.2. The third-order valence-electron chi connectivity index (χ3n) is 3.03. The molecular formula is C12H12BrNO4S. The summed E-state index contributed by atoms with van der Waals surface area (Å²) >= 11 is 3.47. The molecule has 1 atom stereocenters. The maximum atomic E-state index is 11.3. The molecule has 0 aliphatic carbocycles. The molecule has 0 radical (unpaired) electrons. The van der Waals surface area contributed by atoms with Crippen molar-refractivity contribution in [3.63, 3.8) is 0 Å². The van der Waals surface area contributed by atoms with Gasteiger partial charge in [0.05, 0.1) is 5.75 Å². The fourth-order valence-electron chi connectivity index (χ4n) is 2.04. The minimum Gasteiger partial charge on any atom is -0.454 e. The number of halogens is 1. The molecule has 0 saturated carbocycles. The first kappa shape index (κ1) is 13.0. The fraction of sp³-hybridized carbons (Fsp3) is 0.333. The second-order valence-corrected chi connectivity index (χ2v) is 7.23. The molecular weight excluding hydrogens is 334 g/mol. The Morgan fingerprint density at radius 3 is 2.74 bits per heavy atom. The van der Waals surface area contributed by atoms with Gasteiger partial charge in [-0.15, -0.1) is 0 Å². The maximum Gasteiger partial charge on any atom is 0.231 e. The smallest absolute Gasteiger partial charge is 0.231 e. The molecule has 1 aromatic rings. The Bertz CT molecular complexity index is 641. The second kappa shape index (κ2) is 4.81. The summed E-state index contributed by atoms with van der Waals surface area (Å²) in [6, 6.07) is 3.62. The molecule has 5 nitrogen and oxygen atoms in total. The van der Waals surface area contributed by atoms with Crippen LogP contribution >= 0.6 is 15.9 Å². The van der Waals surface area contributed by atoms with Gasteiger partial charge in [0.1, 0.15) is 0 Å². The lowest BCUT2D eigenvalue weighted by Gasteiger charge is -2.11. The van der Waals surface area contributed by atoms with Crippen LogP contribution in [-0.2, 0) is 16.4 Å². The molecule has 2 heterocycles. The molecule has 102 valence electrons. The van der Waals surface area contributed by atoms with E-state index in [0.29, 0.717) is 6.54 Å². The van der Waals surface area contributed by atoms with E-state index in [1.54, 1.807) is 6.08 Å². The number of rotatable bonds is 3. The second-order valence-electron chi connectivity index (χ2n) is 4.44. The lowest BCUT2D eigenvalue weighted by molar-refractivity contribution is 0.174. The first-order valence-corrected chi connectivity index (χ1v) is 8.27. The number of ether oxygens (including phenoxy) is 2. The molecule has 0 bridgehead atoms. The van der Waals surface area contributed by atoms with Crippen LogP contribution in [0.2, 0.25) is 0 Å². The number of hydrogen-bond acceptors (Lipinski definition) is 5. The Hall–Kier alpha value is -1.05. The van der Waals surface area contributed by atoms with Crippen molar-refractivity contribution in [3.8, 4) is 11.5 Å². The van der Waals surface area contributed by atoms with Crippen LogP contribution in [0, 0.1) is 0 Å². The minimum atomic E-state index is -3.02. The first-order chi connectivity index (χ1) is 9.03. The van der Waals surface area contributed by atoms with Crippen LogP contribution in [0.25, 0.3) is 0 Å². The molecule has 2 aliphatic heterocycles. The van der Waals surface area contributed by atoms with E-state index in [9.17, 15) is 8.42 Å². The molecule has 0 saturated heterocycles. The third kappa shape index (κ3) is 2.77.